The van der Waals surface area contributed by atoms with Crippen molar-refractivity contribution in [3.8, 4) is 30.6 Å². The first kappa shape index (κ1) is 21.5. The molecule has 0 unspecified atom stereocenters. The zero-order chi connectivity index (χ0) is 21.2. The van der Waals surface area contributed by atoms with Gasteiger partial charge in [-0.15, -0.1) is 34.0 Å². The van der Waals surface area contributed by atoms with Gasteiger partial charge in [-0.25, -0.2) is 0 Å². The molecule has 1 aromatic carbocycles. The normalized spacial score (nSPS) is 11.5. The monoisotopic (exact) mass is 544 g/mol. The number of nitrogens with zero attached hydrogens (tertiary/aromatic N) is 2. The van der Waals surface area contributed by atoms with E-state index in [2.05, 4.69) is 80.1 Å². The highest BCUT2D eigenvalue weighted by molar-refractivity contribution is 9.11. The van der Waals surface area contributed by atoms with Gasteiger partial charge in [-0.05, 0) is 65.2 Å². The van der Waals surface area contributed by atoms with Gasteiger partial charge in [0.05, 0.1) is 15.5 Å². The molecule has 7 heteroatoms. The second-order valence-corrected chi connectivity index (χ2v) is 12.7. The number of benzene rings is 1. The van der Waals surface area contributed by atoms with Crippen molar-refractivity contribution in [1.29, 1.82) is 0 Å². The summed E-state index contributed by atoms with van der Waals surface area (Å²) in [5.74, 6) is 0. The predicted molar refractivity (Wildman–Crippen MR) is 143 cm³/mol. The van der Waals surface area contributed by atoms with Crippen molar-refractivity contribution in [2.75, 3.05) is 0 Å². The first-order valence-corrected chi connectivity index (χ1v) is 14.4. The summed E-state index contributed by atoms with van der Waals surface area (Å²) in [6, 6.07) is 17.7. The Balaban J connectivity index is 1.41. The Labute approximate surface area is 207 Å². The molecule has 158 valence electrons. The van der Waals surface area contributed by atoms with Crippen LogP contribution in [0.25, 0.3) is 41.7 Å². The topological polar surface area (TPSA) is 25.8 Å². The van der Waals surface area contributed by atoms with Crippen LogP contribution < -0.4 is 0 Å². The molecule has 0 bridgehead atoms. The standard InChI is InChI=1S/C24H21BrN2S4/c1-2-3-4-5-6-15-7-10-20(28-15)21-12-11-18(29-21)16-8-9-17(19-13-14-22(25)30-19)24-23(16)26-31-27-24/h7-14H,2-6H2,1H3. The van der Waals surface area contributed by atoms with Gasteiger partial charge in [-0.3, -0.25) is 0 Å². The van der Waals surface area contributed by atoms with E-state index < -0.39 is 0 Å². The Morgan fingerprint density at radius 2 is 1.32 bits per heavy atom. The van der Waals surface area contributed by atoms with Gasteiger partial charge in [-0.2, -0.15) is 8.75 Å². The summed E-state index contributed by atoms with van der Waals surface area (Å²) < 4.78 is 10.4. The van der Waals surface area contributed by atoms with Crippen LogP contribution in [0.2, 0.25) is 0 Å². The summed E-state index contributed by atoms with van der Waals surface area (Å²) in [7, 11) is 0. The third-order valence-electron chi connectivity index (χ3n) is 5.31. The molecule has 0 radical (unpaired) electrons. The van der Waals surface area contributed by atoms with Crippen molar-refractivity contribution in [3.63, 3.8) is 0 Å². The molecular weight excluding hydrogens is 524 g/mol. The third-order valence-corrected chi connectivity index (χ3v) is 9.95. The van der Waals surface area contributed by atoms with Crippen LogP contribution in [0.4, 0.5) is 0 Å². The van der Waals surface area contributed by atoms with Crippen molar-refractivity contribution in [2.45, 2.75) is 39.0 Å². The van der Waals surface area contributed by atoms with Crippen molar-refractivity contribution in [1.82, 2.24) is 8.75 Å². The Hall–Kier alpha value is -1.38. The lowest BCUT2D eigenvalue weighted by atomic mass is 10.1. The average molecular weight is 546 g/mol. The molecule has 0 N–H and O–H groups in total. The van der Waals surface area contributed by atoms with Crippen LogP contribution in [-0.2, 0) is 6.42 Å². The molecular formula is C24H21BrN2S4. The zero-order valence-electron chi connectivity index (χ0n) is 17.1. The SMILES string of the molecule is CCCCCCc1ccc(-c2ccc(-c3ccc(-c4ccc(Br)s4)c4nsnc34)s2)s1. The maximum absolute atomic E-state index is 4.66. The molecule has 4 aromatic heterocycles. The van der Waals surface area contributed by atoms with E-state index in [4.69, 9.17) is 0 Å². The van der Waals surface area contributed by atoms with Gasteiger partial charge in [0.15, 0.2) is 0 Å². The minimum Gasteiger partial charge on any atom is -0.172 e. The van der Waals surface area contributed by atoms with Gasteiger partial charge in [-0.1, -0.05) is 38.3 Å². The first-order chi connectivity index (χ1) is 15.2. The summed E-state index contributed by atoms with van der Waals surface area (Å²) in [5, 5.41) is 0. The zero-order valence-corrected chi connectivity index (χ0v) is 21.9. The average Bonchev–Trinajstić information content (AvgIpc) is 3.57. The highest BCUT2D eigenvalue weighted by Gasteiger charge is 2.16. The van der Waals surface area contributed by atoms with Crippen LogP contribution in [0, 0.1) is 0 Å². The lowest BCUT2D eigenvalue weighted by Crippen LogP contribution is -1.81. The molecule has 0 aliphatic heterocycles. The van der Waals surface area contributed by atoms with E-state index in [1.54, 1.807) is 11.3 Å². The summed E-state index contributed by atoms with van der Waals surface area (Å²) in [6.45, 7) is 2.27. The Bertz CT molecular complexity index is 1310. The Morgan fingerprint density at radius 1 is 0.677 bits per heavy atom. The van der Waals surface area contributed by atoms with Gasteiger partial charge in [0.2, 0.25) is 0 Å². The fraction of sp³-hybridized carbons (Fsp3) is 0.250. The van der Waals surface area contributed by atoms with Crippen LogP contribution in [0.3, 0.4) is 0 Å². The van der Waals surface area contributed by atoms with E-state index in [0.717, 1.165) is 20.4 Å². The minimum atomic E-state index is 0.997. The molecule has 2 nitrogen and oxygen atoms in total. The highest BCUT2D eigenvalue weighted by Crippen LogP contribution is 2.42. The van der Waals surface area contributed by atoms with E-state index >= 15 is 0 Å². The van der Waals surface area contributed by atoms with Crippen LogP contribution in [0.15, 0.2) is 52.3 Å². The molecule has 0 atom stereocenters. The predicted octanol–water partition coefficient (Wildman–Crippen LogP) is 9.76. The van der Waals surface area contributed by atoms with Gasteiger partial charge in [0.25, 0.3) is 0 Å². The van der Waals surface area contributed by atoms with E-state index in [9.17, 15) is 0 Å². The molecule has 5 rings (SSSR count). The molecule has 5 aromatic rings. The van der Waals surface area contributed by atoms with E-state index in [1.165, 1.54) is 73.8 Å². The number of unbranched alkanes of at least 4 members (excludes halogenated alkanes) is 3. The van der Waals surface area contributed by atoms with Crippen LogP contribution in [-0.4, -0.2) is 8.75 Å². The van der Waals surface area contributed by atoms with E-state index in [1.807, 2.05) is 22.7 Å². The molecule has 0 amide bonds. The number of halogens is 1. The number of thiophene rings is 3. The number of rotatable bonds is 8. The lowest BCUT2D eigenvalue weighted by Gasteiger charge is -2.03. The molecule has 4 heterocycles. The fourth-order valence-corrected chi connectivity index (χ4v) is 7.87. The quantitative estimate of drug-likeness (QED) is 0.181. The minimum absolute atomic E-state index is 0.997. The molecule has 31 heavy (non-hydrogen) atoms. The molecule has 0 aliphatic carbocycles. The lowest BCUT2D eigenvalue weighted by molar-refractivity contribution is 0.670. The van der Waals surface area contributed by atoms with Gasteiger partial charge < -0.3 is 0 Å². The molecule has 0 saturated heterocycles. The second kappa shape index (κ2) is 9.63. The summed E-state index contributed by atoms with van der Waals surface area (Å²) >= 11 is 10.4. The maximum atomic E-state index is 4.66. The summed E-state index contributed by atoms with van der Waals surface area (Å²) in [5.41, 5.74) is 4.34. The Kier molecular flexibility index (Phi) is 6.67. The van der Waals surface area contributed by atoms with Crippen molar-refractivity contribution >= 4 is 72.7 Å². The van der Waals surface area contributed by atoms with Crippen LogP contribution >= 0.6 is 61.7 Å². The third kappa shape index (κ3) is 4.57. The molecule has 0 spiro atoms. The maximum Gasteiger partial charge on any atom is 0.114 e. The number of aromatic nitrogens is 2. The van der Waals surface area contributed by atoms with Crippen molar-refractivity contribution in [2.24, 2.45) is 0 Å². The first-order valence-electron chi connectivity index (χ1n) is 10.4. The smallest absolute Gasteiger partial charge is 0.114 e. The molecule has 0 aliphatic rings. The molecule has 0 fully saturated rings. The number of aryl methyl sites for hydroxylation is 1. The van der Waals surface area contributed by atoms with E-state index in [0.29, 0.717) is 0 Å². The highest BCUT2D eigenvalue weighted by atomic mass is 79.9. The largest absolute Gasteiger partial charge is 0.172 e. The van der Waals surface area contributed by atoms with E-state index in [-0.39, 0.29) is 0 Å². The van der Waals surface area contributed by atoms with Crippen molar-refractivity contribution in [3.05, 3.63) is 57.2 Å². The molecule has 0 saturated carbocycles. The van der Waals surface area contributed by atoms with Crippen LogP contribution in [0.1, 0.15) is 37.5 Å². The number of fused-ring (bicyclic) bond motifs is 1. The second-order valence-electron chi connectivity index (χ2n) is 7.47. The van der Waals surface area contributed by atoms with Crippen molar-refractivity contribution < 1.29 is 0 Å². The van der Waals surface area contributed by atoms with Gasteiger partial charge >= 0.3 is 0 Å². The Morgan fingerprint density at radius 3 is 2.03 bits per heavy atom. The number of hydrogen-bond acceptors (Lipinski definition) is 6. The fourth-order valence-electron chi connectivity index (χ4n) is 3.71. The van der Waals surface area contributed by atoms with Gasteiger partial charge in [0.1, 0.15) is 11.0 Å². The summed E-state index contributed by atoms with van der Waals surface area (Å²) in [4.78, 5) is 6.67. The number of hydrogen-bond donors (Lipinski definition) is 0. The summed E-state index contributed by atoms with van der Waals surface area (Å²) in [6.07, 6.45) is 6.47. The van der Waals surface area contributed by atoms with Gasteiger partial charge in [0, 0.05) is 35.5 Å². The van der Waals surface area contributed by atoms with Crippen LogP contribution in [0.5, 0.6) is 0 Å².